The molecule has 1 N–H and O–H groups in total. The molecule has 2 heterocycles. The number of nitrogens with zero attached hydrogens (tertiary/aromatic N) is 4. The Bertz CT molecular complexity index is 793. The standard InChI is InChI=1S/C16H15N5O/c1-11-3-5-13(6-4-11)21-15(9-12(2)20-21)19-16(22)14-10-17-7-8-18-14/h3-10H,1-2H3,(H,19,22). The Morgan fingerprint density at radius 3 is 2.59 bits per heavy atom. The number of aryl methyl sites for hydroxylation is 2. The topological polar surface area (TPSA) is 72.7 Å². The molecule has 0 spiro atoms. The largest absolute Gasteiger partial charge is 0.305 e. The van der Waals surface area contributed by atoms with E-state index in [2.05, 4.69) is 20.4 Å². The number of hydrogen-bond donors (Lipinski definition) is 1. The molecule has 3 rings (SSSR count). The molecule has 6 nitrogen and oxygen atoms in total. The van der Waals surface area contributed by atoms with E-state index in [0.29, 0.717) is 5.82 Å². The summed E-state index contributed by atoms with van der Waals surface area (Å²) < 4.78 is 1.70. The summed E-state index contributed by atoms with van der Waals surface area (Å²) in [5.74, 6) is 0.276. The van der Waals surface area contributed by atoms with Crippen LogP contribution in [0.2, 0.25) is 0 Å². The van der Waals surface area contributed by atoms with Crippen LogP contribution >= 0.6 is 0 Å². The number of amides is 1. The Morgan fingerprint density at radius 1 is 1.14 bits per heavy atom. The summed E-state index contributed by atoms with van der Waals surface area (Å²) in [4.78, 5) is 20.1. The first-order chi connectivity index (χ1) is 10.6. The highest BCUT2D eigenvalue weighted by Crippen LogP contribution is 2.18. The third-order valence-electron chi connectivity index (χ3n) is 3.15. The molecule has 0 fully saturated rings. The summed E-state index contributed by atoms with van der Waals surface area (Å²) in [5, 5.41) is 7.24. The van der Waals surface area contributed by atoms with Crippen molar-refractivity contribution in [3.63, 3.8) is 0 Å². The molecule has 1 amide bonds. The van der Waals surface area contributed by atoms with Crippen LogP contribution < -0.4 is 5.32 Å². The van der Waals surface area contributed by atoms with E-state index >= 15 is 0 Å². The zero-order valence-corrected chi connectivity index (χ0v) is 12.3. The molecule has 0 aliphatic carbocycles. The Morgan fingerprint density at radius 2 is 1.91 bits per heavy atom. The Hall–Kier alpha value is -3.02. The Balaban J connectivity index is 1.92. The average Bonchev–Trinajstić information content (AvgIpc) is 2.89. The minimum absolute atomic E-state index is 0.261. The third kappa shape index (κ3) is 2.85. The minimum atomic E-state index is -0.318. The smallest absolute Gasteiger partial charge is 0.277 e. The van der Waals surface area contributed by atoms with Gasteiger partial charge in [-0.1, -0.05) is 17.7 Å². The second-order valence-electron chi connectivity index (χ2n) is 4.96. The maximum Gasteiger partial charge on any atom is 0.277 e. The Kier molecular flexibility index (Phi) is 3.65. The number of benzene rings is 1. The highest BCUT2D eigenvalue weighted by atomic mass is 16.2. The number of hydrogen-bond acceptors (Lipinski definition) is 4. The lowest BCUT2D eigenvalue weighted by Gasteiger charge is -2.08. The summed E-state index contributed by atoms with van der Waals surface area (Å²) in [6, 6.07) is 9.73. The molecular formula is C16H15N5O. The van der Waals surface area contributed by atoms with Gasteiger partial charge in [0.25, 0.3) is 5.91 Å². The average molecular weight is 293 g/mol. The molecule has 0 aliphatic rings. The van der Waals surface area contributed by atoms with E-state index in [0.717, 1.165) is 16.9 Å². The zero-order valence-electron chi connectivity index (χ0n) is 12.3. The predicted molar refractivity (Wildman–Crippen MR) is 83.0 cm³/mol. The summed E-state index contributed by atoms with van der Waals surface area (Å²) >= 11 is 0. The van der Waals surface area contributed by atoms with Crippen LogP contribution in [0.15, 0.2) is 48.9 Å². The molecule has 0 aliphatic heterocycles. The lowest BCUT2D eigenvalue weighted by molar-refractivity contribution is 0.102. The van der Waals surface area contributed by atoms with Crippen LogP contribution in [0.5, 0.6) is 0 Å². The summed E-state index contributed by atoms with van der Waals surface area (Å²) in [6.45, 7) is 3.90. The molecule has 0 radical (unpaired) electrons. The monoisotopic (exact) mass is 293 g/mol. The van der Waals surface area contributed by atoms with Crippen molar-refractivity contribution in [3.05, 3.63) is 65.9 Å². The zero-order chi connectivity index (χ0) is 15.5. The molecule has 0 atom stereocenters. The maximum absolute atomic E-state index is 12.2. The van der Waals surface area contributed by atoms with E-state index in [1.807, 2.05) is 44.2 Å². The molecule has 0 saturated heterocycles. The van der Waals surface area contributed by atoms with Gasteiger partial charge in [0.1, 0.15) is 11.5 Å². The van der Waals surface area contributed by atoms with Gasteiger partial charge in [0.05, 0.1) is 17.6 Å². The van der Waals surface area contributed by atoms with E-state index in [4.69, 9.17) is 0 Å². The van der Waals surface area contributed by atoms with Gasteiger partial charge >= 0.3 is 0 Å². The van der Waals surface area contributed by atoms with Crippen molar-refractivity contribution in [3.8, 4) is 5.69 Å². The van der Waals surface area contributed by atoms with Crippen molar-refractivity contribution >= 4 is 11.7 Å². The van der Waals surface area contributed by atoms with Gasteiger partial charge in [-0.15, -0.1) is 0 Å². The van der Waals surface area contributed by atoms with Gasteiger partial charge in [-0.05, 0) is 26.0 Å². The van der Waals surface area contributed by atoms with Crippen LogP contribution in [0, 0.1) is 13.8 Å². The first-order valence-electron chi connectivity index (χ1n) is 6.84. The lowest BCUT2D eigenvalue weighted by atomic mass is 10.2. The van der Waals surface area contributed by atoms with Crippen LogP contribution in [0.25, 0.3) is 5.69 Å². The lowest BCUT2D eigenvalue weighted by Crippen LogP contribution is -2.16. The SMILES string of the molecule is Cc1ccc(-n2nc(C)cc2NC(=O)c2cnccn2)cc1. The quantitative estimate of drug-likeness (QED) is 0.805. The van der Waals surface area contributed by atoms with E-state index in [1.165, 1.54) is 18.6 Å². The van der Waals surface area contributed by atoms with E-state index in [-0.39, 0.29) is 11.6 Å². The molecular weight excluding hydrogens is 278 g/mol. The molecule has 2 aromatic heterocycles. The molecule has 22 heavy (non-hydrogen) atoms. The molecule has 0 bridgehead atoms. The van der Waals surface area contributed by atoms with E-state index < -0.39 is 0 Å². The number of rotatable bonds is 3. The summed E-state index contributed by atoms with van der Waals surface area (Å²) in [5.41, 5.74) is 3.12. The van der Waals surface area contributed by atoms with Gasteiger partial charge in [-0.3, -0.25) is 9.78 Å². The number of nitrogens with one attached hydrogen (secondary N) is 1. The second kappa shape index (κ2) is 5.77. The fraction of sp³-hybridized carbons (Fsp3) is 0.125. The van der Waals surface area contributed by atoms with Gasteiger partial charge in [0.15, 0.2) is 0 Å². The fourth-order valence-electron chi connectivity index (χ4n) is 2.07. The van der Waals surface area contributed by atoms with Gasteiger partial charge < -0.3 is 5.32 Å². The maximum atomic E-state index is 12.2. The number of aromatic nitrogens is 4. The second-order valence-corrected chi connectivity index (χ2v) is 4.96. The third-order valence-corrected chi connectivity index (χ3v) is 3.15. The predicted octanol–water partition coefficient (Wildman–Crippen LogP) is 2.53. The van der Waals surface area contributed by atoms with Crippen LogP contribution in [-0.4, -0.2) is 25.7 Å². The van der Waals surface area contributed by atoms with Crippen molar-refractivity contribution in [1.82, 2.24) is 19.7 Å². The molecule has 0 unspecified atom stereocenters. The highest BCUT2D eigenvalue weighted by Gasteiger charge is 2.13. The van der Waals surface area contributed by atoms with Crippen LogP contribution in [0.4, 0.5) is 5.82 Å². The fourth-order valence-corrected chi connectivity index (χ4v) is 2.07. The number of carbonyl (C=O) groups excluding carboxylic acids is 1. The molecule has 6 heteroatoms. The van der Waals surface area contributed by atoms with E-state index in [9.17, 15) is 4.79 Å². The molecule has 110 valence electrons. The van der Waals surface area contributed by atoms with Crippen molar-refractivity contribution in [2.24, 2.45) is 0 Å². The molecule has 3 aromatic rings. The Labute approximate surface area is 127 Å². The van der Waals surface area contributed by atoms with Crippen molar-refractivity contribution in [1.29, 1.82) is 0 Å². The normalized spacial score (nSPS) is 10.5. The molecule has 1 aromatic carbocycles. The molecule has 0 saturated carbocycles. The van der Waals surface area contributed by atoms with Crippen LogP contribution in [-0.2, 0) is 0 Å². The minimum Gasteiger partial charge on any atom is -0.305 e. The first-order valence-corrected chi connectivity index (χ1v) is 6.84. The van der Waals surface area contributed by atoms with Crippen molar-refractivity contribution in [2.75, 3.05) is 5.32 Å². The van der Waals surface area contributed by atoms with Gasteiger partial charge in [-0.25, -0.2) is 9.67 Å². The number of carbonyl (C=O) groups is 1. The van der Waals surface area contributed by atoms with E-state index in [1.54, 1.807) is 4.68 Å². The number of anilines is 1. The van der Waals surface area contributed by atoms with Gasteiger partial charge in [0.2, 0.25) is 0 Å². The van der Waals surface area contributed by atoms with Gasteiger partial charge in [0, 0.05) is 18.5 Å². The van der Waals surface area contributed by atoms with Crippen molar-refractivity contribution < 1.29 is 4.79 Å². The first kappa shape index (κ1) is 13.9. The van der Waals surface area contributed by atoms with Gasteiger partial charge in [-0.2, -0.15) is 5.10 Å². The summed E-state index contributed by atoms with van der Waals surface area (Å²) in [7, 11) is 0. The van der Waals surface area contributed by atoms with Crippen molar-refractivity contribution in [2.45, 2.75) is 13.8 Å². The van der Waals surface area contributed by atoms with Crippen LogP contribution in [0.3, 0.4) is 0 Å². The highest BCUT2D eigenvalue weighted by molar-refractivity contribution is 6.02. The van der Waals surface area contributed by atoms with Crippen LogP contribution in [0.1, 0.15) is 21.7 Å². The summed E-state index contributed by atoms with van der Waals surface area (Å²) in [6.07, 6.45) is 4.43.